The van der Waals surface area contributed by atoms with Crippen molar-refractivity contribution in [3.63, 3.8) is 0 Å². The van der Waals surface area contributed by atoms with E-state index in [4.69, 9.17) is 9.47 Å². The van der Waals surface area contributed by atoms with Gasteiger partial charge in [-0.05, 0) is 27.7 Å². The monoisotopic (exact) mass is 229 g/mol. The van der Waals surface area contributed by atoms with Crippen molar-refractivity contribution in [3.8, 4) is 0 Å². The molecule has 0 saturated carbocycles. The third-order valence-corrected chi connectivity index (χ3v) is 2.44. The van der Waals surface area contributed by atoms with Gasteiger partial charge in [0, 0.05) is 13.0 Å². The van der Waals surface area contributed by atoms with Crippen LogP contribution in [0, 0.1) is 0 Å². The van der Waals surface area contributed by atoms with E-state index in [9.17, 15) is 9.59 Å². The van der Waals surface area contributed by atoms with Gasteiger partial charge in [-0.15, -0.1) is 0 Å². The summed E-state index contributed by atoms with van der Waals surface area (Å²) in [5.74, 6) is -0.101. The fraction of sp³-hybridized carbons (Fsp3) is 0.818. The molecule has 1 aliphatic rings. The van der Waals surface area contributed by atoms with E-state index in [-0.39, 0.29) is 12.4 Å². The van der Waals surface area contributed by atoms with Crippen LogP contribution in [0.5, 0.6) is 0 Å². The van der Waals surface area contributed by atoms with E-state index in [0.29, 0.717) is 13.0 Å². The maximum absolute atomic E-state index is 11.6. The minimum atomic E-state index is -0.900. The lowest BCUT2D eigenvalue weighted by Gasteiger charge is -2.28. The molecule has 1 N–H and O–H groups in total. The van der Waals surface area contributed by atoms with Crippen LogP contribution in [0.4, 0.5) is 4.79 Å². The van der Waals surface area contributed by atoms with Crippen LogP contribution in [0.25, 0.3) is 0 Å². The largest absolute Gasteiger partial charge is 0.444 e. The first-order valence-corrected chi connectivity index (χ1v) is 5.35. The molecule has 16 heavy (non-hydrogen) atoms. The molecule has 1 amide bonds. The molecule has 0 aromatic rings. The number of alkyl carbamates (subject to hydrolysis) is 1. The third-order valence-electron chi connectivity index (χ3n) is 2.44. The molecule has 0 bridgehead atoms. The number of nitrogens with one attached hydrogen (secondary N) is 1. The van der Waals surface area contributed by atoms with Gasteiger partial charge in [0.1, 0.15) is 11.1 Å². The van der Waals surface area contributed by atoms with Gasteiger partial charge >= 0.3 is 6.09 Å². The Bertz CT molecular complexity index is 287. The van der Waals surface area contributed by atoms with E-state index in [1.54, 1.807) is 20.8 Å². The average Bonchev–Trinajstić information content (AvgIpc) is 2.49. The van der Waals surface area contributed by atoms with Crippen LogP contribution >= 0.6 is 0 Å². The lowest BCUT2D eigenvalue weighted by Crippen LogP contribution is -2.55. The number of hydrogen-bond donors (Lipinski definition) is 1. The fourth-order valence-corrected chi connectivity index (χ4v) is 1.53. The smallest absolute Gasteiger partial charge is 0.408 e. The van der Waals surface area contributed by atoms with Crippen LogP contribution in [0.15, 0.2) is 0 Å². The van der Waals surface area contributed by atoms with Crippen molar-refractivity contribution in [1.82, 2.24) is 5.32 Å². The number of amides is 1. The van der Waals surface area contributed by atoms with E-state index >= 15 is 0 Å². The number of carbonyl (C=O) groups is 2. The molecule has 1 saturated heterocycles. The molecular formula is C11H19NO4. The second-order valence-electron chi connectivity index (χ2n) is 5.07. The molecule has 0 radical (unpaired) electrons. The average molecular weight is 229 g/mol. The minimum absolute atomic E-state index is 0.101. The van der Waals surface area contributed by atoms with Gasteiger partial charge in [0.2, 0.25) is 0 Å². The highest BCUT2D eigenvalue weighted by Gasteiger charge is 2.41. The summed E-state index contributed by atoms with van der Waals surface area (Å²) in [4.78, 5) is 23.1. The van der Waals surface area contributed by atoms with Crippen molar-refractivity contribution in [2.45, 2.75) is 45.3 Å². The summed E-state index contributed by atoms with van der Waals surface area (Å²) in [5.41, 5.74) is -1.47. The highest BCUT2D eigenvalue weighted by atomic mass is 16.6. The lowest BCUT2D eigenvalue weighted by molar-refractivity contribution is -0.123. The van der Waals surface area contributed by atoms with Crippen LogP contribution < -0.4 is 5.32 Å². The molecule has 1 heterocycles. The van der Waals surface area contributed by atoms with Crippen molar-refractivity contribution < 1.29 is 19.1 Å². The van der Waals surface area contributed by atoms with Gasteiger partial charge in [-0.1, -0.05) is 0 Å². The molecule has 1 atom stereocenters. The molecule has 0 aromatic carbocycles. The SMILES string of the molecule is CC(=O)C1(NC(=O)OC(C)(C)C)CCOC1. The first kappa shape index (κ1) is 13.0. The minimum Gasteiger partial charge on any atom is -0.444 e. The Morgan fingerprint density at radius 1 is 1.38 bits per heavy atom. The Kier molecular flexibility index (Phi) is 3.57. The van der Waals surface area contributed by atoms with Crippen molar-refractivity contribution in [3.05, 3.63) is 0 Å². The molecule has 0 spiro atoms. The number of hydrogen-bond acceptors (Lipinski definition) is 4. The molecular weight excluding hydrogens is 210 g/mol. The molecule has 0 aromatic heterocycles. The van der Waals surface area contributed by atoms with Gasteiger partial charge in [-0.2, -0.15) is 0 Å². The van der Waals surface area contributed by atoms with Crippen molar-refractivity contribution in [1.29, 1.82) is 0 Å². The molecule has 1 unspecified atom stereocenters. The van der Waals surface area contributed by atoms with Crippen LogP contribution in [-0.4, -0.2) is 36.2 Å². The van der Waals surface area contributed by atoms with Crippen molar-refractivity contribution >= 4 is 11.9 Å². The Morgan fingerprint density at radius 3 is 2.38 bits per heavy atom. The number of Topliss-reactive ketones (excluding diaryl/α,β-unsaturated/α-hetero) is 1. The quantitative estimate of drug-likeness (QED) is 0.774. The van der Waals surface area contributed by atoms with Crippen molar-refractivity contribution in [2.75, 3.05) is 13.2 Å². The second kappa shape index (κ2) is 4.41. The second-order valence-corrected chi connectivity index (χ2v) is 5.07. The molecule has 5 nitrogen and oxygen atoms in total. The van der Waals surface area contributed by atoms with Gasteiger partial charge < -0.3 is 14.8 Å². The highest BCUT2D eigenvalue weighted by molar-refractivity contribution is 5.90. The summed E-state index contributed by atoms with van der Waals surface area (Å²) in [7, 11) is 0. The number of carbonyl (C=O) groups excluding carboxylic acids is 2. The first-order chi connectivity index (χ1) is 7.25. The summed E-state index contributed by atoms with van der Waals surface area (Å²) in [6.07, 6.45) is -0.0742. The Balaban J connectivity index is 2.63. The van der Waals surface area contributed by atoms with Gasteiger partial charge in [-0.25, -0.2) is 4.79 Å². The van der Waals surface area contributed by atoms with Gasteiger partial charge in [0.15, 0.2) is 5.78 Å². The summed E-state index contributed by atoms with van der Waals surface area (Å²) < 4.78 is 10.3. The van der Waals surface area contributed by atoms with Gasteiger partial charge in [0.25, 0.3) is 0 Å². The number of ketones is 1. The fourth-order valence-electron chi connectivity index (χ4n) is 1.53. The molecule has 5 heteroatoms. The zero-order chi connectivity index (χ0) is 12.4. The summed E-state index contributed by atoms with van der Waals surface area (Å²) in [6, 6.07) is 0. The number of rotatable bonds is 2. The molecule has 0 aliphatic carbocycles. The topological polar surface area (TPSA) is 64.6 Å². The summed E-state index contributed by atoms with van der Waals surface area (Å²) >= 11 is 0. The first-order valence-electron chi connectivity index (χ1n) is 5.35. The molecule has 92 valence electrons. The standard InChI is InChI=1S/C11H19NO4/c1-8(13)11(5-6-15-7-11)12-9(14)16-10(2,3)4/h5-7H2,1-4H3,(H,12,14). The van der Waals surface area contributed by atoms with Crippen molar-refractivity contribution in [2.24, 2.45) is 0 Å². The van der Waals surface area contributed by atoms with E-state index < -0.39 is 17.2 Å². The Labute approximate surface area is 95.5 Å². The lowest BCUT2D eigenvalue weighted by atomic mass is 9.94. The zero-order valence-electron chi connectivity index (χ0n) is 10.3. The van der Waals surface area contributed by atoms with E-state index in [1.807, 2.05) is 0 Å². The molecule has 1 fully saturated rings. The molecule has 1 rings (SSSR count). The van der Waals surface area contributed by atoms with E-state index in [2.05, 4.69) is 5.32 Å². The zero-order valence-corrected chi connectivity index (χ0v) is 10.3. The van der Waals surface area contributed by atoms with Gasteiger partial charge in [-0.3, -0.25) is 4.79 Å². The summed E-state index contributed by atoms with van der Waals surface area (Å²) in [5, 5.41) is 2.61. The van der Waals surface area contributed by atoms with E-state index in [0.717, 1.165) is 0 Å². The van der Waals surface area contributed by atoms with Crippen LogP contribution in [0.2, 0.25) is 0 Å². The third kappa shape index (κ3) is 3.20. The highest BCUT2D eigenvalue weighted by Crippen LogP contribution is 2.20. The normalized spacial score (nSPS) is 25.2. The van der Waals surface area contributed by atoms with Crippen LogP contribution in [-0.2, 0) is 14.3 Å². The molecule has 1 aliphatic heterocycles. The maximum atomic E-state index is 11.6. The maximum Gasteiger partial charge on any atom is 0.408 e. The Morgan fingerprint density at radius 2 is 2.00 bits per heavy atom. The Hall–Kier alpha value is -1.10. The van der Waals surface area contributed by atoms with Crippen LogP contribution in [0.3, 0.4) is 0 Å². The van der Waals surface area contributed by atoms with E-state index in [1.165, 1.54) is 6.92 Å². The predicted molar refractivity (Wildman–Crippen MR) is 58.2 cm³/mol. The number of ether oxygens (including phenoxy) is 2. The summed E-state index contributed by atoms with van der Waals surface area (Å²) in [6.45, 7) is 7.48. The predicted octanol–water partition coefficient (Wildman–Crippen LogP) is 1.26. The van der Waals surface area contributed by atoms with Gasteiger partial charge in [0.05, 0.1) is 6.61 Å². The van der Waals surface area contributed by atoms with Crippen LogP contribution in [0.1, 0.15) is 34.1 Å².